The van der Waals surface area contributed by atoms with Gasteiger partial charge in [-0.05, 0) is 95.4 Å². The molecule has 0 saturated carbocycles. The zero-order valence-corrected chi connectivity index (χ0v) is 42.6. The van der Waals surface area contributed by atoms with E-state index in [4.69, 9.17) is 17.7 Å². The van der Waals surface area contributed by atoms with Gasteiger partial charge < -0.3 is 27.5 Å². The molecule has 10 aromatic carbocycles. The van der Waals surface area contributed by atoms with E-state index in [1.165, 1.54) is 22.3 Å². The molecule has 0 bridgehead atoms. The summed E-state index contributed by atoms with van der Waals surface area (Å²) < 4.78 is 29.1. The lowest BCUT2D eigenvalue weighted by Crippen LogP contribution is -2.33. The van der Waals surface area contributed by atoms with Gasteiger partial charge in [0.2, 0.25) is 0 Å². The van der Waals surface area contributed by atoms with E-state index in [1.807, 2.05) is 6.07 Å². The molecule has 4 aliphatic rings. The molecule has 14 aromatic rings. The molecule has 0 aliphatic heterocycles. The average molecular weight is 1020 g/mol. The van der Waals surface area contributed by atoms with Crippen LogP contribution in [0.3, 0.4) is 0 Å². The minimum absolute atomic E-state index is 0.0204. The Labute approximate surface area is 453 Å². The van der Waals surface area contributed by atoms with Crippen LogP contribution in [-0.4, -0.2) is 0 Å². The summed E-state index contributed by atoms with van der Waals surface area (Å²) in [6, 6.07) is 76.2. The third-order valence-electron chi connectivity index (χ3n) is 17.8. The fraction of sp³-hybridized carbons (Fsp3) is 0.0685. The lowest BCUT2D eigenvalue weighted by molar-refractivity contribution is 0.465. The van der Waals surface area contributed by atoms with Crippen LogP contribution in [0.15, 0.2) is 260 Å². The Balaban J connectivity index is 1.02. The fourth-order valence-corrected chi connectivity index (χ4v) is 14.8. The normalized spacial score (nSPS) is 18.6. The number of nitrogens with zero attached hydrogens (tertiary/aromatic N) is 2. The molecule has 0 saturated heterocycles. The molecule has 4 aromatic heterocycles. The van der Waals surface area contributed by atoms with Crippen molar-refractivity contribution in [1.82, 2.24) is 0 Å². The third kappa shape index (κ3) is 5.69. The second-order valence-corrected chi connectivity index (χ2v) is 21.6. The lowest BCUT2D eigenvalue weighted by atomic mass is 9.65. The number of rotatable bonds is 6. The van der Waals surface area contributed by atoms with Gasteiger partial charge in [-0.1, -0.05) is 182 Å². The van der Waals surface area contributed by atoms with E-state index < -0.39 is 5.41 Å². The maximum Gasteiger partial charge on any atom is 0.159 e. The number of hydrogen-bond donors (Lipinski definition) is 0. The minimum atomic E-state index is -0.746. The zero-order valence-electron chi connectivity index (χ0n) is 42.6. The SMILES string of the molecule is C1=CC2c3ccccc3C3(c4cc(N(c5ccccc5)c5cccc6c5oc5ccccc56)c5c(oc6ccccc65)c4-c4c3cc(N(c3ccccc3)C3CC=Cc5c3oc3ccccc53)c3c4oc4ccccc43)C2C=C1. The predicted octanol–water partition coefficient (Wildman–Crippen LogP) is 20.1. The summed E-state index contributed by atoms with van der Waals surface area (Å²) in [5, 5.41) is 7.40. The smallest absolute Gasteiger partial charge is 0.159 e. The van der Waals surface area contributed by atoms with E-state index in [2.05, 4.69) is 253 Å². The van der Waals surface area contributed by atoms with Crippen LogP contribution in [0.1, 0.15) is 52.0 Å². The van der Waals surface area contributed by atoms with Crippen molar-refractivity contribution in [2.45, 2.75) is 23.8 Å². The van der Waals surface area contributed by atoms with E-state index in [1.54, 1.807) is 0 Å². The molecule has 0 amide bonds. The first-order valence-corrected chi connectivity index (χ1v) is 27.4. The van der Waals surface area contributed by atoms with Crippen molar-refractivity contribution in [1.29, 1.82) is 0 Å². The van der Waals surface area contributed by atoms with E-state index in [0.717, 1.165) is 134 Å². The van der Waals surface area contributed by atoms with E-state index in [-0.39, 0.29) is 17.9 Å². The third-order valence-corrected chi connectivity index (χ3v) is 17.8. The summed E-state index contributed by atoms with van der Waals surface area (Å²) in [5.41, 5.74) is 18.4. The Morgan fingerprint density at radius 3 is 1.68 bits per heavy atom. The molecular formula is C73H46N2O4. The molecule has 0 N–H and O–H groups in total. The molecule has 18 rings (SSSR count). The highest BCUT2D eigenvalue weighted by atomic mass is 16.3. The first-order chi connectivity index (χ1) is 39.2. The van der Waals surface area contributed by atoms with Crippen molar-refractivity contribution in [2.75, 3.05) is 9.80 Å². The Bertz CT molecular complexity index is 4990. The summed E-state index contributed by atoms with van der Waals surface area (Å²) >= 11 is 0. The van der Waals surface area contributed by atoms with Crippen molar-refractivity contribution >= 4 is 111 Å². The van der Waals surface area contributed by atoms with Gasteiger partial charge >= 0.3 is 0 Å². The van der Waals surface area contributed by atoms with Crippen LogP contribution < -0.4 is 9.80 Å². The van der Waals surface area contributed by atoms with E-state index >= 15 is 0 Å². The molecule has 0 fully saturated rings. The van der Waals surface area contributed by atoms with Gasteiger partial charge in [-0.3, -0.25) is 0 Å². The van der Waals surface area contributed by atoms with Crippen LogP contribution in [0, 0.1) is 5.92 Å². The van der Waals surface area contributed by atoms with Gasteiger partial charge in [0.05, 0.1) is 39.3 Å². The minimum Gasteiger partial charge on any atom is -0.458 e. The van der Waals surface area contributed by atoms with Gasteiger partial charge in [-0.25, -0.2) is 0 Å². The monoisotopic (exact) mass is 1010 g/mol. The first-order valence-electron chi connectivity index (χ1n) is 27.4. The number of benzene rings is 10. The number of allylic oxidation sites excluding steroid dienone is 4. The van der Waals surface area contributed by atoms with Crippen LogP contribution in [0.5, 0.6) is 0 Å². The Hall–Kier alpha value is -10.0. The topological polar surface area (TPSA) is 59.0 Å². The quantitative estimate of drug-likeness (QED) is 0.165. The van der Waals surface area contributed by atoms with Gasteiger partial charge in [0, 0.05) is 66.8 Å². The van der Waals surface area contributed by atoms with Crippen molar-refractivity contribution in [2.24, 2.45) is 5.92 Å². The molecule has 79 heavy (non-hydrogen) atoms. The van der Waals surface area contributed by atoms with Gasteiger partial charge in [-0.15, -0.1) is 0 Å². The lowest BCUT2D eigenvalue weighted by Gasteiger charge is -2.38. The molecule has 0 radical (unpaired) electrons. The molecular weight excluding hydrogens is 969 g/mol. The van der Waals surface area contributed by atoms with E-state index in [0.29, 0.717) is 0 Å². The molecule has 6 nitrogen and oxygen atoms in total. The van der Waals surface area contributed by atoms with Gasteiger partial charge in [-0.2, -0.15) is 0 Å². The van der Waals surface area contributed by atoms with Crippen LogP contribution >= 0.6 is 0 Å². The van der Waals surface area contributed by atoms with Crippen LogP contribution in [-0.2, 0) is 5.41 Å². The van der Waals surface area contributed by atoms with Crippen molar-refractivity contribution < 1.29 is 17.7 Å². The number of fused-ring (bicyclic) bond motifs is 24. The predicted molar refractivity (Wildman–Crippen MR) is 320 cm³/mol. The van der Waals surface area contributed by atoms with Gasteiger partial charge in [0.15, 0.2) is 5.58 Å². The summed E-state index contributed by atoms with van der Waals surface area (Å²) in [6.07, 6.45) is 14.7. The van der Waals surface area contributed by atoms with Gasteiger partial charge in [0.25, 0.3) is 0 Å². The summed E-state index contributed by atoms with van der Waals surface area (Å²) in [4.78, 5) is 4.97. The van der Waals surface area contributed by atoms with Crippen LogP contribution in [0.4, 0.5) is 28.4 Å². The van der Waals surface area contributed by atoms with Crippen molar-refractivity contribution in [3.63, 3.8) is 0 Å². The Morgan fingerprint density at radius 2 is 0.962 bits per heavy atom. The summed E-state index contributed by atoms with van der Waals surface area (Å²) in [6.45, 7) is 0. The second kappa shape index (κ2) is 16.0. The molecule has 372 valence electrons. The molecule has 4 heterocycles. The summed E-state index contributed by atoms with van der Waals surface area (Å²) in [5.74, 6) is 1.02. The largest absolute Gasteiger partial charge is 0.458 e. The second-order valence-electron chi connectivity index (χ2n) is 21.6. The van der Waals surface area contributed by atoms with Crippen molar-refractivity contribution in [3.05, 3.63) is 276 Å². The molecule has 4 atom stereocenters. The highest BCUT2D eigenvalue weighted by Crippen LogP contribution is 2.70. The molecule has 4 aliphatic carbocycles. The Morgan fingerprint density at radius 1 is 0.418 bits per heavy atom. The zero-order chi connectivity index (χ0) is 51.5. The highest BCUT2D eigenvalue weighted by Gasteiger charge is 2.59. The first kappa shape index (κ1) is 43.1. The maximum absolute atomic E-state index is 7.57. The van der Waals surface area contributed by atoms with E-state index in [9.17, 15) is 0 Å². The summed E-state index contributed by atoms with van der Waals surface area (Å²) in [7, 11) is 0. The fourth-order valence-electron chi connectivity index (χ4n) is 14.8. The average Bonchev–Trinajstić information content (AvgIpc) is 3.84. The number of furan rings is 4. The Kier molecular flexibility index (Phi) is 8.73. The van der Waals surface area contributed by atoms with Crippen molar-refractivity contribution in [3.8, 4) is 11.1 Å². The van der Waals surface area contributed by atoms with Crippen LogP contribution in [0.2, 0.25) is 0 Å². The maximum atomic E-state index is 7.57. The van der Waals surface area contributed by atoms with Gasteiger partial charge in [0.1, 0.15) is 39.3 Å². The standard InChI is InChI=1S/C73H46N2O4/c1-3-21-43(22-4-1)74(57-35-19-31-49-47-27-9-15-37-61(47)76-69(49)57)59-41-55-67(71-65(59)51-29-11-17-39-63(51)78-71)68-56(73(55)53-33-13-7-25-45(53)46-26-8-14-34-54(46)73)42-60(66-52-30-12-18-40-64(52)79-72(66)68)75(44-23-5-2-6-24-44)58-36-20-32-50-48-28-10-16-38-62(48)77-70(50)58/h1-35,37-42,45,53,58H,36H2. The number of para-hydroxylation sites is 7. The highest BCUT2D eigenvalue weighted by molar-refractivity contribution is 6.25. The number of hydrogen-bond acceptors (Lipinski definition) is 6. The van der Waals surface area contributed by atoms with Crippen LogP contribution in [0.25, 0.3) is 94.0 Å². The molecule has 1 spiro atoms. The molecule has 4 unspecified atom stereocenters. The number of anilines is 5. The molecule has 6 heteroatoms.